The Bertz CT molecular complexity index is 1040. The van der Waals surface area contributed by atoms with Gasteiger partial charge in [-0.1, -0.05) is 36.4 Å². The van der Waals surface area contributed by atoms with Gasteiger partial charge in [0.05, 0.1) is 22.9 Å². The van der Waals surface area contributed by atoms with E-state index in [0.717, 1.165) is 0 Å². The summed E-state index contributed by atoms with van der Waals surface area (Å²) < 4.78 is 29.7. The zero-order valence-corrected chi connectivity index (χ0v) is 18.0. The highest BCUT2D eigenvalue weighted by Gasteiger charge is 2.36. The van der Waals surface area contributed by atoms with Gasteiger partial charge in [-0.25, -0.2) is 13.2 Å². The van der Waals surface area contributed by atoms with Crippen molar-refractivity contribution >= 4 is 33.1 Å². The number of ether oxygens (including phenoxy) is 1. The molecule has 0 saturated carbocycles. The van der Waals surface area contributed by atoms with E-state index in [0.29, 0.717) is 5.69 Å². The van der Waals surface area contributed by atoms with Gasteiger partial charge in [-0.05, 0) is 37.6 Å². The molecule has 0 bridgehead atoms. The lowest BCUT2D eigenvalue weighted by molar-refractivity contribution is -0.135. The zero-order chi connectivity index (χ0) is 22.3. The molecule has 1 unspecified atom stereocenters. The number of hydrazone groups is 1. The maximum atomic E-state index is 12.8. The first kappa shape index (κ1) is 22.5. The third kappa shape index (κ3) is 5.69. The quantitative estimate of drug-likeness (QED) is 0.470. The fourth-order valence-corrected chi connectivity index (χ4v) is 4.54. The van der Waals surface area contributed by atoms with Gasteiger partial charge in [0.25, 0.3) is 0 Å². The van der Waals surface area contributed by atoms with Crippen LogP contribution in [0.15, 0.2) is 70.7 Å². The first-order valence-corrected chi connectivity index (χ1v) is 11.7. The van der Waals surface area contributed by atoms with E-state index >= 15 is 0 Å². The summed E-state index contributed by atoms with van der Waals surface area (Å²) in [6, 6.07) is 16.6. The van der Waals surface area contributed by atoms with Crippen molar-refractivity contribution in [3.63, 3.8) is 0 Å². The number of carbonyl (C=O) groups excluding carboxylic acids is 2. The van der Waals surface area contributed by atoms with E-state index in [1.807, 2.05) is 18.2 Å². The van der Waals surface area contributed by atoms with Crippen molar-refractivity contribution < 1.29 is 22.7 Å². The number of nitrogens with zero attached hydrogens (tertiary/aromatic N) is 2. The van der Waals surface area contributed by atoms with Gasteiger partial charge in [0.15, 0.2) is 9.84 Å². The highest BCUT2D eigenvalue weighted by atomic mass is 32.2. The van der Waals surface area contributed by atoms with Crippen molar-refractivity contribution in [3.05, 3.63) is 60.7 Å². The number of anilines is 1. The highest BCUT2D eigenvalue weighted by Crippen LogP contribution is 2.25. The molecule has 0 radical (unpaired) electrons. The van der Waals surface area contributed by atoms with Crippen molar-refractivity contribution in [2.24, 2.45) is 5.10 Å². The number of rotatable bonds is 9. The number of hydrogen-bond donors (Lipinski definition) is 1. The number of para-hydroxylation sites is 1. The second kappa shape index (κ2) is 10.2. The summed E-state index contributed by atoms with van der Waals surface area (Å²) in [5, 5.41) is 8.58. The predicted molar refractivity (Wildman–Crippen MR) is 118 cm³/mol. The van der Waals surface area contributed by atoms with Gasteiger partial charge >= 0.3 is 5.97 Å². The molecule has 164 valence electrons. The molecule has 0 fully saturated rings. The van der Waals surface area contributed by atoms with Crippen LogP contribution in [0.2, 0.25) is 0 Å². The van der Waals surface area contributed by atoms with E-state index in [1.54, 1.807) is 49.4 Å². The number of amides is 1. The van der Waals surface area contributed by atoms with Gasteiger partial charge in [-0.2, -0.15) is 5.10 Å². The second-order valence-electron chi connectivity index (χ2n) is 6.94. The van der Waals surface area contributed by atoms with Crippen molar-refractivity contribution in [3.8, 4) is 0 Å². The molecule has 9 heteroatoms. The fraction of sp³-hybridized carbons (Fsp3) is 0.318. The Morgan fingerprint density at radius 3 is 2.39 bits per heavy atom. The Morgan fingerprint density at radius 1 is 1.10 bits per heavy atom. The topological polar surface area (TPSA) is 105 Å². The van der Waals surface area contributed by atoms with Crippen LogP contribution in [0, 0.1) is 0 Å². The van der Waals surface area contributed by atoms with Gasteiger partial charge in [0.2, 0.25) is 5.91 Å². The molecule has 0 spiro atoms. The van der Waals surface area contributed by atoms with Crippen LogP contribution < -0.4 is 10.3 Å². The SMILES string of the molecule is CCOC(=O)C1=NN(c2ccccc2)C(C(=O)NCCCS(=O)(=O)c2ccccc2)C1. The molecule has 1 aliphatic rings. The van der Waals surface area contributed by atoms with Gasteiger partial charge in [0, 0.05) is 13.0 Å². The third-order valence-electron chi connectivity index (χ3n) is 4.74. The summed E-state index contributed by atoms with van der Waals surface area (Å²) in [7, 11) is -3.40. The van der Waals surface area contributed by atoms with E-state index in [9.17, 15) is 18.0 Å². The molecule has 0 saturated heterocycles. The van der Waals surface area contributed by atoms with E-state index in [-0.39, 0.29) is 48.3 Å². The molecular formula is C22H25N3O5S. The largest absolute Gasteiger partial charge is 0.461 e. The molecule has 1 atom stereocenters. The first-order valence-electron chi connectivity index (χ1n) is 10.1. The molecule has 8 nitrogen and oxygen atoms in total. The average Bonchev–Trinajstić information content (AvgIpc) is 3.24. The van der Waals surface area contributed by atoms with Gasteiger partial charge < -0.3 is 10.1 Å². The maximum Gasteiger partial charge on any atom is 0.354 e. The number of esters is 1. The lowest BCUT2D eigenvalue weighted by atomic mass is 10.1. The van der Waals surface area contributed by atoms with Crippen LogP contribution in [-0.2, 0) is 24.2 Å². The molecule has 2 aromatic carbocycles. The van der Waals surface area contributed by atoms with Crippen molar-refractivity contribution in [2.45, 2.75) is 30.7 Å². The summed E-state index contributed by atoms with van der Waals surface area (Å²) in [6.45, 7) is 2.12. The Labute approximate surface area is 181 Å². The van der Waals surface area contributed by atoms with Crippen LogP contribution in [0.5, 0.6) is 0 Å². The summed E-state index contributed by atoms with van der Waals surface area (Å²) in [5.41, 5.74) is 0.853. The van der Waals surface area contributed by atoms with Crippen molar-refractivity contribution in [1.82, 2.24) is 5.32 Å². The molecular weight excluding hydrogens is 418 g/mol. The van der Waals surface area contributed by atoms with Crippen molar-refractivity contribution in [1.29, 1.82) is 0 Å². The molecule has 1 N–H and O–H groups in total. The lowest BCUT2D eigenvalue weighted by Crippen LogP contribution is -2.43. The zero-order valence-electron chi connectivity index (χ0n) is 17.2. The minimum Gasteiger partial charge on any atom is -0.461 e. The molecule has 1 heterocycles. The number of sulfone groups is 1. The normalized spacial score (nSPS) is 16.0. The smallest absolute Gasteiger partial charge is 0.354 e. The van der Waals surface area contributed by atoms with Crippen LogP contribution in [0.1, 0.15) is 19.8 Å². The average molecular weight is 444 g/mol. The van der Waals surface area contributed by atoms with Crippen LogP contribution in [0.4, 0.5) is 5.69 Å². The lowest BCUT2D eigenvalue weighted by Gasteiger charge is -2.22. The van der Waals surface area contributed by atoms with Crippen LogP contribution >= 0.6 is 0 Å². The molecule has 1 aliphatic heterocycles. The molecule has 31 heavy (non-hydrogen) atoms. The molecule has 2 aromatic rings. The Kier molecular flexibility index (Phi) is 7.41. The fourth-order valence-electron chi connectivity index (χ4n) is 3.21. The van der Waals surface area contributed by atoms with E-state index < -0.39 is 21.8 Å². The van der Waals surface area contributed by atoms with Crippen LogP contribution in [0.3, 0.4) is 0 Å². The molecule has 3 rings (SSSR count). The number of hydrogen-bond acceptors (Lipinski definition) is 7. The Balaban J connectivity index is 1.61. The minimum atomic E-state index is -3.40. The van der Waals surface area contributed by atoms with E-state index in [4.69, 9.17) is 4.74 Å². The first-order chi connectivity index (χ1) is 14.9. The summed E-state index contributed by atoms with van der Waals surface area (Å²) in [4.78, 5) is 25.2. The number of nitrogens with one attached hydrogen (secondary N) is 1. The number of carbonyl (C=O) groups is 2. The van der Waals surface area contributed by atoms with E-state index in [2.05, 4.69) is 10.4 Å². The van der Waals surface area contributed by atoms with E-state index in [1.165, 1.54) is 5.01 Å². The summed E-state index contributed by atoms with van der Waals surface area (Å²) >= 11 is 0. The van der Waals surface area contributed by atoms with Gasteiger partial charge in [0.1, 0.15) is 11.8 Å². The van der Waals surface area contributed by atoms with Crippen molar-refractivity contribution in [2.75, 3.05) is 23.9 Å². The van der Waals surface area contributed by atoms with Gasteiger partial charge in [-0.3, -0.25) is 9.80 Å². The van der Waals surface area contributed by atoms with Gasteiger partial charge in [-0.15, -0.1) is 0 Å². The maximum absolute atomic E-state index is 12.8. The standard InChI is InChI=1S/C22H25N3O5S/c1-2-30-22(27)19-16-20(25(24-19)17-10-5-3-6-11-17)21(26)23-14-9-15-31(28,29)18-12-7-4-8-13-18/h3-8,10-13,20H,2,9,14-16H2,1H3,(H,23,26). The second-order valence-corrected chi connectivity index (χ2v) is 9.05. The highest BCUT2D eigenvalue weighted by molar-refractivity contribution is 7.91. The third-order valence-corrected chi connectivity index (χ3v) is 6.55. The molecule has 0 aliphatic carbocycles. The molecule has 1 amide bonds. The Hall–Kier alpha value is -3.20. The van der Waals surface area contributed by atoms with Crippen LogP contribution in [-0.4, -0.2) is 51.0 Å². The molecule has 0 aromatic heterocycles. The summed E-state index contributed by atoms with van der Waals surface area (Å²) in [6.07, 6.45) is 0.383. The number of benzene rings is 2. The monoisotopic (exact) mass is 443 g/mol. The Morgan fingerprint density at radius 2 is 1.74 bits per heavy atom. The predicted octanol–water partition coefficient (Wildman–Crippen LogP) is 2.16. The summed E-state index contributed by atoms with van der Waals surface area (Å²) in [5.74, 6) is -0.953. The minimum absolute atomic E-state index is 0.0745. The van der Waals surface area contributed by atoms with Crippen LogP contribution in [0.25, 0.3) is 0 Å².